The summed E-state index contributed by atoms with van der Waals surface area (Å²) >= 11 is 0. The van der Waals surface area contributed by atoms with Crippen molar-refractivity contribution in [3.05, 3.63) is 157 Å². The predicted molar refractivity (Wildman–Crippen MR) is 194 cm³/mol. The molecule has 3 aromatic heterocycles. The van der Waals surface area contributed by atoms with Gasteiger partial charge in [0.1, 0.15) is 17.0 Å². The summed E-state index contributed by atoms with van der Waals surface area (Å²) in [5, 5.41) is 4.67. The van der Waals surface area contributed by atoms with Gasteiger partial charge in [-0.05, 0) is 69.8 Å². The van der Waals surface area contributed by atoms with E-state index in [9.17, 15) is 0 Å². The van der Waals surface area contributed by atoms with Crippen LogP contribution in [0, 0.1) is 0 Å². The van der Waals surface area contributed by atoms with Crippen LogP contribution < -0.4 is 0 Å². The second-order valence-corrected chi connectivity index (χ2v) is 13.2. The molecule has 0 radical (unpaired) electrons. The van der Waals surface area contributed by atoms with Gasteiger partial charge in [-0.2, -0.15) is 0 Å². The van der Waals surface area contributed by atoms with Crippen LogP contribution in [-0.4, -0.2) is 9.55 Å². The first-order chi connectivity index (χ1) is 23.1. The van der Waals surface area contributed by atoms with Crippen molar-refractivity contribution in [3.63, 3.8) is 0 Å². The van der Waals surface area contributed by atoms with Crippen molar-refractivity contribution in [3.8, 4) is 39.3 Å². The van der Waals surface area contributed by atoms with Gasteiger partial charge in [0, 0.05) is 32.5 Å². The maximum Gasteiger partial charge on any atom is 0.138 e. The van der Waals surface area contributed by atoms with Gasteiger partial charge in [0.25, 0.3) is 0 Å². The van der Waals surface area contributed by atoms with Gasteiger partial charge >= 0.3 is 0 Å². The molecule has 3 heteroatoms. The van der Waals surface area contributed by atoms with Crippen molar-refractivity contribution in [1.29, 1.82) is 0 Å². The number of aromatic nitrogens is 2. The predicted octanol–water partition coefficient (Wildman–Crippen LogP) is 11.7. The molecule has 3 nitrogen and oxygen atoms in total. The molecule has 0 atom stereocenters. The molecule has 1 aliphatic rings. The summed E-state index contributed by atoms with van der Waals surface area (Å²) in [6, 6.07) is 51.9. The third-order valence-corrected chi connectivity index (χ3v) is 10.2. The van der Waals surface area contributed by atoms with Crippen LogP contribution in [0.4, 0.5) is 0 Å². The molecule has 0 amide bonds. The van der Waals surface area contributed by atoms with E-state index >= 15 is 0 Å². The van der Waals surface area contributed by atoms with Gasteiger partial charge in [0.2, 0.25) is 0 Å². The smallest absolute Gasteiger partial charge is 0.138 e. The van der Waals surface area contributed by atoms with E-state index in [1.54, 1.807) is 0 Å². The van der Waals surface area contributed by atoms with Gasteiger partial charge in [0.15, 0.2) is 0 Å². The minimum Gasteiger partial charge on any atom is -0.456 e. The largest absolute Gasteiger partial charge is 0.456 e. The monoisotopic (exact) mass is 602 g/mol. The molecule has 9 aromatic rings. The molecule has 10 rings (SSSR count). The zero-order valence-electron chi connectivity index (χ0n) is 26.2. The van der Waals surface area contributed by atoms with Crippen LogP contribution >= 0.6 is 0 Å². The molecule has 0 saturated heterocycles. The summed E-state index contributed by atoms with van der Waals surface area (Å²) in [6.07, 6.45) is 0. The highest BCUT2D eigenvalue weighted by Crippen LogP contribution is 2.53. The minimum atomic E-state index is -0.153. The van der Waals surface area contributed by atoms with E-state index in [2.05, 4.69) is 164 Å². The first-order valence-electron chi connectivity index (χ1n) is 16.2. The first-order valence-corrected chi connectivity index (χ1v) is 16.2. The van der Waals surface area contributed by atoms with Crippen LogP contribution in [0.2, 0.25) is 0 Å². The van der Waals surface area contributed by atoms with Crippen LogP contribution in [-0.2, 0) is 5.41 Å². The topological polar surface area (TPSA) is 31.0 Å². The average Bonchev–Trinajstić information content (AvgIpc) is 3.72. The Morgan fingerprint density at radius 3 is 2.09 bits per heavy atom. The van der Waals surface area contributed by atoms with Gasteiger partial charge < -0.3 is 4.42 Å². The Morgan fingerprint density at radius 2 is 1.26 bits per heavy atom. The van der Waals surface area contributed by atoms with Crippen molar-refractivity contribution in [2.24, 2.45) is 0 Å². The molecule has 222 valence electrons. The Labute approximate surface area is 272 Å². The van der Waals surface area contributed by atoms with Crippen LogP contribution in [0.1, 0.15) is 25.0 Å². The van der Waals surface area contributed by atoms with Crippen molar-refractivity contribution in [1.82, 2.24) is 9.55 Å². The van der Waals surface area contributed by atoms with Crippen LogP contribution in [0.3, 0.4) is 0 Å². The maximum absolute atomic E-state index is 6.67. The molecule has 0 unspecified atom stereocenters. The number of rotatable bonds is 3. The lowest BCUT2D eigenvalue weighted by Crippen LogP contribution is -2.15. The molecule has 0 N–H and O–H groups in total. The molecule has 0 spiro atoms. The number of benzene rings is 6. The van der Waals surface area contributed by atoms with E-state index in [-0.39, 0.29) is 5.41 Å². The Hall–Kier alpha value is -5.93. The minimum absolute atomic E-state index is 0.153. The van der Waals surface area contributed by atoms with Gasteiger partial charge in [-0.1, -0.05) is 123 Å². The van der Waals surface area contributed by atoms with E-state index < -0.39 is 0 Å². The third kappa shape index (κ3) is 3.71. The van der Waals surface area contributed by atoms with E-state index in [4.69, 9.17) is 9.40 Å². The molecule has 1 aliphatic carbocycles. The summed E-state index contributed by atoms with van der Waals surface area (Å²) < 4.78 is 9.01. The average molecular weight is 603 g/mol. The molecule has 0 saturated carbocycles. The fourth-order valence-electron chi connectivity index (χ4n) is 8.03. The molecule has 47 heavy (non-hydrogen) atoms. The second kappa shape index (κ2) is 9.54. The normalized spacial score (nSPS) is 13.5. The number of pyridine rings is 1. The third-order valence-electron chi connectivity index (χ3n) is 10.2. The first kappa shape index (κ1) is 26.3. The lowest BCUT2D eigenvalue weighted by Gasteiger charge is -2.22. The summed E-state index contributed by atoms with van der Waals surface area (Å²) in [5.74, 6) is 0.890. The standard InChI is InChI=1S/C44H30N2O/c1-44(2)35-19-11-9-17-30(35)32-21-22-39-42(43(32)44)34-25-38-33(26-40(34)47-39)31-18-10-12-20-37(31)46(38)41-24-29(27-13-5-3-6-14-27)23-36(45-41)28-15-7-4-8-16-28/h3-26H,1-2H3. The van der Waals surface area contributed by atoms with E-state index in [0.717, 1.165) is 61.2 Å². The molecule has 0 bridgehead atoms. The lowest BCUT2D eigenvalue weighted by molar-refractivity contribution is 0.657. The highest BCUT2D eigenvalue weighted by molar-refractivity contribution is 6.19. The highest BCUT2D eigenvalue weighted by Gasteiger charge is 2.38. The fraction of sp³-hybridized carbons (Fsp3) is 0.0682. The quantitative estimate of drug-likeness (QED) is 0.201. The Morgan fingerprint density at radius 1 is 0.532 bits per heavy atom. The summed E-state index contributed by atoms with van der Waals surface area (Å²) in [5.41, 5.74) is 13.6. The van der Waals surface area contributed by atoms with Crippen molar-refractivity contribution < 1.29 is 4.42 Å². The van der Waals surface area contributed by atoms with Gasteiger partial charge in [-0.25, -0.2) is 4.98 Å². The van der Waals surface area contributed by atoms with Gasteiger partial charge in [0.05, 0.1) is 16.7 Å². The Bertz CT molecular complexity index is 2640. The molecule has 0 aliphatic heterocycles. The zero-order chi connectivity index (χ0) is 31.3. The van der Waals surface area contributed by atoms with E-state index in [1.165, 1.54) is 33.0 Å². The number of nitrogens with zero attached hydrogens (tertiary/aromatic N) is 2. The Kier molecular flexibility index (Phi) is 5.34. The summed E-state index contributed by atoms with van der Waals surface area (Å²) in [4.78, 5) is 5.35. The molecule has 3 heterocycles. The van der Waals surface area contributed by atoms with Crippen molar-refractivity contribution in [2.45, 2.75) is 19.3 Å². The van der Waals surface area contributed by atoms with Crippen molar-refractivity contribution in [2.75, 3.05) is 0 Å². The molecule has 6 aromatic carbocycles. The second-order valence-electron chi connectivity index (χ2n) is 13.2. The van der Waals surface area contributed by atoms with E-state index in [1.807, 2.05) is 0 Å². The SMILES string of the molecule is CC1(C)c2ccccc2-c2ccc3oc4cc5c6ccccc6n(-c6cc(-c7ccccc7)cc(-c7ccccc7)n6)c5cc4c3c21. The lowest BCUT2D eigenvalue weighted by atomic mass is 9.80. The molecule has 0 fully saturated rings. The number of hydrogen-bond acceptors (Lipinski definition) is 2. The molecular weight excluding hydrogens is 572 g/mol. The van der Waals surface area contributed by atoms with Crippen molar-refractivity contribution >= 4 is 43.7 Å². The number of fused-ring (bicyclic) bond motifs is 10. The summed E-state index contributed by atoms with van der Waals surface area (Å²) in [6.45, 7) is 4.69. The van der Waals surface area contributed by atoms with Gasteiger partial charge in [-0.15, -0.1) is 0 Å². The van der Waals surface area contributed by atoms with Crippen LogP contribution in [0.25, 0.3) is 83.1 Å². The summed E-state index contributed by atoms with van der Waals surface area (Å²) in [7, 11) is 0. The van der Waals surface area contributed by atoms with Gasteiger partial charge in [-0.3, -0.25) is 4.57 Å². The van der Waals surface area contributed by atoms with Crippen LogP contribution in [0.15, 0.2) is 150 Å². The maximum atomic E-state index is 6.67. The number of para-hydroxylation sites is 1. The Balaban J connectivity index is 1.31. The highest BCUT2D eigenvalue weighted by atomic mass is 16.3. The zero-order valence-corrected chi connectivity index (χ0v) is 26.2. The number of hydrogen-bond donors (Lipinski definition) is 0. The number of furan rings is 1. The molecular formula is C44H30N2O. The van der Waals surface area contributed by atoms with Crippen LogP contribution in [0.5, 0.6) is 0 Å². The fourth-order valence-corrected chi connectivity index (χ4v) is 8.03. The van der Waals surface area contributed by atoms with E-state index in [0.29, 0.717) is 0 Å².